The highest BCUT2D eigenvalue weighted by atomic mass is 16.2. The van der Waals surface area contributed by atoms with Crippen molar-refractivity contribution < 1.29 is 4.79 Å². The molecule has 1 aromatic heterocycles. The quantitative estimate of drug-likeness (QED) is 0.680. The number of carbonyl (C=O) groups excluding carboxylic acids is 1. The first-order chi connectivity index (χ1) is 10.7. The van der Waals surface area contributed by atoms with Gasteiger partial charge < -0.3 is 0 Å². The average molecular weight is 296 g/mol. The molecular weight excluding hydrogens is 276 g/mol. The Balaban J connectivity index is 1.55. The third-order valence-corrected chi connectivity index (χ3v) is 4.04. The van der Waals surface area contributed by atoms with E-state index >= 15 is 0 Å². The molecular formula is C17H20N4O. The number of nitrogens with one attached hydrogen (secondary N) is 1. The molecule has 0 radical (unpaired) electrons. The minimum atomic E-state index is -0.00867. The van der Waals surface area contributed by atoms with Gasteiger partial charge in [0.1, 0.15) is 0 Å². The molecule has 1 saturated carbocycles. The van der Waals surface area contributed by atoms with Crippen LogP contribution in [-0.2, 0) is 11.3 Å². The zero-order chi connectivity index (χ0) is 15.5. The van der Waals surface area contributed by atoms with Crippen molar-refractivity contribution in [1.29, 1.82) is 0 Å². The number of aryl methyl sites for hydroxylation is 2. The largest absolute Gasteiger partial charge is 0.273 e. The lowest BCUT2D eigenvalue weighted by Crippen LogP contribution is -2.20. The zero-order valence-electron chi connectivity index (χ0n) is 12.9. The first kappa shape index (κ1) is 14.5. The van der Waals surface area contributed by atoms with Crippen LogP contribution in [0.5, 0.6) is 0 Å². The average Bonchev–Trinajstić information content (AvgIpc) is 3.27. The van der Waals surface area contributed by atoms with E-state index in [2.05, 4.69) is 27.8 Å². The number of nitrogens with zero attached hydrogens (tertiary/aromatic N) is 3. The van der Waals surface area contributed by atoms with Crippen LogP contribution in [0.4, 0.5) is 0 Å². The maximum Gasteiger partial charge on any atom is 0.243 e. The summed E-state index contributed by atoms with van der Waals surface area (Å²) >= 11 is 0. The Morgan fingerprint density at radius 1 is 1.45 bits per heavy atom. The molecule has 1 heterocycles. The van der Waals surface area contributed by atoms with E-state index in [-0.39, 0.29) is 11.8 Å². The Hall–Kier alpha value is -2.43. The van der Waals surface area contributed by atoms with Gasteiger partial charge in [-0.05, 0) is 31.7 Å². The molecule has 0 spiro atoms. The van der Waals surface area contributed by atoms with Crippen LogP contribution in [0.3, 0.4) is 0 Å². The summed E-state index contributed by atoms with van der Waals surface area (Å²) in [7, 11) is 0. The van der Waals surface area contributed by atoms with Gasteiger partial charge in [0.25, 0.3) is 0 Å². The summed E-state index contributed by atoms with van der Waals surface area (Å²) in [6, 6.07) is 10.2. The minimum Gasteiger partial charge on any atom is -0.273 e. The van der Waals surface area contributed by atoms with Gasteiger partial charge in [0.2, 0.25) is 5.91 Å². The van der Waals surface area contributed by atoms with E-state index in [1.165, 1.54) is 5.56 Å². The van der Waals surface area contributed by atoms with Crippen molar-refractivity contribution in [2.75, 3.05) is 0 Å². The minimum absolute atomic E-state index is 0.00867. The van der Waals surface area contributed by atoms with Crippen LogP contribution in [0.1, 0.15) is 36.1 Å². The van der Waals surface area contributed by atoms with Gasteiger partial charge in [-0.1, -0.05) is 30.3 Å². The van der Waals surface area contributed by atoms with Crippen molar-refractivity contribution >= 4 is 12.1 Å². The van der Waals surface area contributed by atoms with Gasteiger partial charge in [-0.2, -0.15) is 10.2 Å². The molecule has 1 aliphatic carbocycles. The molecule has 5 heteroatoms. The number of hydrogen-bond acceptors (Lipinski definition) is 3. The zero-order valence-corrected chi connectivity index (χ0v) is 12.9. The fourth-order valence-electron chi connectivity index (χ4n) is 2.62. The molecule has 1 N–H and O–H groups in total. The van der Waals surface area contributed by atoms with Crippen LogP contribution in [0.2, 0.25) is 0 Å². The number of amides is 1. The summed E-state index contributed by atoms with van der Waals surface area (Å²) in [5.41, 5.74) is 5.71. The van der Waals surface area contributed by atoms with Crippen molar-refractivity contribution in [3.63, 3.8) is 0 Å². The van der Waals surface area contributed by atoms with Crippen molar-refractivity contribution in [2.24, 2.45) is 11.0 Å². The molecule has 2 aromatic rings. The molecule has 5 nitrogen and oxygen atoms in total. The van der Waals surface area contributed by atoms with Gasteiger partial charge >= 0.3 is 0 Å². The maximum absolute atomic E-state index is 12.1. The van der Waals surface area contributed by atoms with E-state index in [4.69, 9.17) is 0 Å². The van der Waals surface area contributed by atoms with Crippen LogP contribution < -0.4 is 5.43 Å². The number of rotatable bonds is 5. The summed E-state index contributed by atoms with van der Waals surface area (Å²) in [6.07, 6.45) is 4.49. The normalized spacial score (nSPS) is 20.3. The second-order valence-electron chi connectivity index (χ2n) is 5.62. The van der Waals surface area contributed by atoms with Crippen molar-refractivity contribution in [1.82, 2.24) is 15.2 Å². The number of hydrogen-bond donors (Lipinski definition) is 1. The summed E-state index contributed by atoms with van der Waals surface area (Å²) in [5, 5.41) is 8.40. The Kier molecular flexibility index (Phi) is 4.04. The fourth-order valence-corrected chi connectivity index (χ4v) is 2.62. The number of benzene rings is 1. The van der Waals surface area contributed by atoms with Crippen LogP contribution >= 0.6 is 0 Å². The standard InChI is InChI=1S/C17H20N4O/c1-3-21-11-14(12(2)20-21)10-18-19-17(22)16-9-15(16)13-7-5-4-6-8-13/h4-8,10-11,15-16H,3,9H2,1-2H3,(H,19,22)/t15-,16-/m0/s1. The van der Waals surface area contributed by atoms with Gasteiger partial charge in [0, 0.05) is 24.2 Å². The van der Waals surface area contributed by atoms with E-state index in [9.17, 15) is 4.79 Å². The monoisotopic (exact) mass is 296 g/mol. The Morgan fingerprint density at radius 2 is 2.23 bits per heavy atom. The smallest absolute Gasteiger partial charge is 0.243 e. The molecule has 1 fully saturated rings. The highest BCUT2D eigenvalue weighted by Crippen LogP contribution is 2.47. The summed E-state index contributed by atoms with van der Waals surface area (Å²) in [5.74, 6) is 0.366. The van der Waals surface area contributed by atoms with E-state index in [0.717, 1.165) is 24.2 Å². The van der Waals surface area contributed by atoms with Gasteiger partial charge in [-0.15, -0.1) is 0 Å². The second kappa shape index (κ2) is 6.13. The molecule has 1 aromatic carbocycles. The molecule has 114 valence electrons. The highest BCUT2D eigenvalue weighted by molar-refractivity contribution is 5.85. The molecule has 1 amide bonds. The van der Waals surface area contributed by atoms with Crippen molar-refractivity contribution in [2.45, 2.75) is 32.7 Å². The van der Waals surface area contributed by atoms with Gasteiger partial charge in [0.05, 0.1) is 11.9 Å². The topological polar surface area (TPSA) is 59.3 Å². The Labute approximate surface area is 130 Å². The molecule has 0 aliphatic heterocycles. The Bertz CT molecular complexity index is 690. The maximum atomic E-state index is 12.1. The van der Waals surface area contributed by atoms with Crippen LogP contribution in [0, 0.1) is 12.8 Å². The second-order valence-corrected chi connectivity index (χ2v) is 5.62. The first-order valence-electron chi connectivity index (χ1n) is 7.61. The first-order valence-corrected chi connectivity index (χ1v) is 7.61. The summed E-state index contributed by atoms with van der Waals surface area (Å²) in [4.78, 5) is 12.1. The molecule has 2 atom stereocenters. The third kappa shape index (κ3) is 3.08. The molecule has 1 aliphatic rings. The predicted octanol–water partition coefficient (Wildman–Crippen LogP) is 2.47. The number of hydrazone groups is 1. The van der Waals surface area contributed by atoms with Gasteiger partial charge in [-0.25, -0.2) is 5.43 Å². The van der Waals surface area contributed by atoms with Crippen LogP contribution in [-0.4, -0.2) is 21.9 Å². The summed E-state index contributed by atoms with van der Waals surface area (Å²) in [6.45, 7) is 4.79. The van der Waals surface area contributed by atoms with E-state index in [1.54, 1.807) is 6.21 Å². The molecule has 22 heavy (non-hydrogen) atoms. The summed E-state index contributed by atoms with van der Waals surface area (Å²) < 4.78 is 1.85. The van der Waals surface area contributed by atoms with Crippen molar-refractivity contribution in [3.8, 4) is 0 Å². The van der Waals surface area contributed by atoms with E-state index in [0.29, 0.717) is 5.92 Å². The molecule has 0 bridgehead atoms. The van der Waals surface area contributed by atoms with Gasteiger partial charge in [0.15, 0.2) is 0 Å². The van der Waals surface area contributed by atoms with Crippen molar-refractivity contribution in [3.05, 3.63) is 53.3 Å². The molecule has 0 unspecified atom stereocenters. The molecule has 3 rings (SSSR count). The van der Waals surface area contributed by atoms with E-state index in [1.807, 2.05) is 42.9 Å². The lowest BCUT2D eigenvalue weighted by atomic mass is 10.1. The van der Waals surface area contributed by atoms with Gasteiger partial charge in [-0.3, -0.25) is 9.48 Å². The SMILES string of the molecule is CCn1cc(C=NNC(=O)[C@H]2C[C@H]2c2ccccc2)c(C)n1. The number of aromatic nitrogens is 2. The highest BCUT2D eigenvalue weighted by Gasteiger charge is 2.43. The predicted molar refractivity (Wildman–Crippen MR) is 85.7 cm³/mol. The molecule has 0 saturated heterocycles. The lowest BCUT2D eigenvalue weighted by molar-refractivity contribution is -0.122. The Morgan fingerprint density at radius 3 is 2.91 bits per heavy atom. The number of carbonyl (C=O) groups is 1. The van der Waals surface area contributed by atoms with E-state index < -0.39 is 0 Å². The fraction of sp³-hybridized carbons (Fsp3) is 0.353. The lowest BCUT2D eigenvalue weighted by Gasteiger charge is -1.99. The third-order valence-electron chi connectivity index (χ3n) is 4.04. The van der Waals surface area contributed by atoms with Crippen LogP contribution in [0.25, 0.3) is 0 Å². The van der Waals surface area contributed by atoms with Crippen LogP contribution in [0.15, 0.2) is 41.6 Å².